The number of nitrogens with zero attached hydrogens (tertiary/aromatic N) is 4. The van der Waals surface area contributed by atoms with Gasteiger partial charge in [0.15, 0.2) is 0 Å². The minimum Gasteiger partial charge on any atom is -0.354 e. The summed E-state index contributed by atoms with van der Waals surface area (Å²) in [6.07, 6.45) is 4.17. The van der Waals surface area contributed by atoms with Gasteiger partial charge in [0.25, 0.3) is 0 Å². The highest BCUT2D eigenvalue weighted by atomic mass is 19.1. The van der Waals surface area contributed by atoms with Gasteiger partial charge >= 0.3 is 0 Å². The molecule has 0 spiro atoms. The fourth-order valence-electron chi connectivity index (χ4n) is 3.66. The SMILES string of the molecule is Cc1nc(C)n(CCCNC(=O)[C@@H](c2ccc(F)cc2)N2CCCCC2)n1. The zero-order chi connectivity index (χ0) is 19.2. The number of nitrogens with one attached hydrogen (secondary N) is 1. The second-order valence-electron chi connectivity index (χ2n) is 7.12. The first-order valence-corrected chi connectivity index (χ1v) is 9.70. The third-order valence-corrected chi connectivity index (χ3v) is 5.00. The van der Waals surface area contributed by atoms with Crippen molar-refractivity contribution in [1.29, 1.82) is 0 Å². The van der Waals surface area contributed by atoms with E-state index in [9.17, 15) is 9.18 Å². The van der Waals surface area contributed by atoms with Crippen LogP contribution in [0.2, 0.25) is 0 Å². The van der Waals surface area contributed by atoms with Gasteiger partial charge in [-0.15, -0.1) is 0 Å². The third kappa shape index (κ3) is 5.13. The summed E-state index contributed by atoms with van der Waals surface area (Å²) < 4.78 is 15.2. The van der Waals surface area contributed by atoms with Crippen LogP contribution in [0.25, 0.3) is 0 Å². The molecule has 0 aliphatic carbocycles. The van der Waals surface area contributed by atoms with Gasteiger partial charge in [0.1, 0.15) is 23.5 Å². The number of amides is 1. The van der Waals surface area contributed by atoms with Crippen LogP contribution in [0, 0.1) is 19.7 Å². The molecule has 0 saturated carbocycles. The van der Waals surface area contributed by atoms with Crippen LogP contribution in [-0.2, 0) is 11.3 Å². The molecule has 1 amide bonds. The minimum atomic E-state index is -0.360. The Hall–Kier alpha value is -2.28. The molecule has 0 radical (unpaired) electrons. The molecule has 0 unspecified atom stereocenters. The summed E-state index contributed by atoms with van der Waals surface area (Å²) in [4.78, 5) is 19.4. The van der Waals surface area contributed by atoms with Crippen molar-refractivity contribution in [1.82, 2.24) is 25.0 Å². The monoisotopic (exact) mass is 373 g/mol. The van der Waals surface area contributed by atoms with Gasteiger partial charge in [-0.1, -0.05) is 18.6 Å². The molecule has 1 N–H and O–H groups in total. The predicted molar refractivity (Wildman–Crippen MR) is 102 cm³/mol. The van der Waals surface area contributed by atoms with Crippen LogP contribution in [-0.4, -0.2) is 45.2 Å². The number of piperidine rings is 1. The Morgan fingerprint density at radius 1 is 1.19 bits per heavy atom. The molecule has 1 atom stereocenters. The maximum atomic E-state index is 13.3. The van der Waals surface area contributed by atoms with Crippen LogP contribution in [0.4, 0.5) is 4.39 Å². The molecule has 1 aliphatic rings. The normalized spacial score (nSPS) is 16.3. The summed E-state index contributed by atoms with van der Waals surface area (Å²) in [6.45, 7) is 6.89. The molecule has 1 fully saturated rings. The average molecular weight is 373 g/mol. The number of carbonyl (C=O) groups is 1. The Morgan fingerprint density at radius 2 is 1.89 bits per heavy atom. The van der Waals surface area contributed by atoms with Crippen molar-refractivity contribution in [3.63, 3.8) is 0 Å². The van der Waals surface area contributed by atoms with Crippen LogP contribution in [0.5, 0.6) is 0 Å². The predicted octanol–water partition coefficient (Wildman–Crippen LogP) is 2.77. The van der Waals surface area contributed by atoms with Crippen molar-refractivity contribution >= 4 is 5.91 Å². The summed E-state index contributed by atoms with van der Waals surface area (Å²) in [7, 11) is 0. The molecule has 2 heterocycles. The molecule has 3 rings (SSSR count). The highest BCUT2D eigenvalue weighted by molar-refractivity contribution is 5.83. The van der Waals surface area contributed by atoms with Crippen molar-refractivity contribution in [2.75, 3.05) is 19.6 Å². The standard InChI is InChI=1S/C20H28FN5O/c1-15-23-16(2)26(24-15)14-6-11-22-20(27)19(25-12-4-3-5-13-25)17-7-9-18(21)10-8-17/h7-10,19H,3-6,11-14H2,1-2H3,(H,22,27)/t19-/m1/s1. The van der Waals surface area contributed by atoms with Gasteiger partial charge in [0, 0.05) is 13.1 Å². The quantitative estimate of drug-likeness (QED) is 0.758. The van der Waals surface area contributed by atoms with Crippen molar-refractivity contribution in [2.45, 2.75) is 52.1 Å². The molecule has 6 nitrogen and oxygen atoms in total. The zero-order valence-electron chi connectivity index (χ0n) is 16.1. The van der Waals surface area contributed by atoms with E-state index in [1.54, 1.807) is 12.1 Å². The lowest BCUT2D eigenvalue weighted by molar-refractivity contribution is -0.127. The van der Waals surface area contributed by atoms with E-state index in [1.807, 2.05) is 18.5 Å². The topological polar surface area (TPSA) is 63.1 Å². The van der Waals surface area contributed by atoms with Crippen LogP contribution in [0.3, 0.4) is 0 Å². The number of hydrogen-bond donors (Lipinski definition) is 1. The highest BCUT2D eigenvalue weighted by Gasteiger charge is 2.28. The highest BCUT2D eigenvalue weighted by Crippen LogP contribution is 2.25. The number of rotatable bonds is 7. The number of aromatic nitrogens is 3. The summed E-state index contributed by atoms with van der Waals surface area (Å²) in [5.41, 5.74) is 0.846. The number of aryl methyl sites for hydroxylation is 3. The Kier molecular flexibility index (Phi) is 6.55. The molecular weight excluding hydrogens is 345 g/mol. The van der Waals surface area contributed by atoms with E-state index in [0.29, 0.717) is 6.54 Å². The first-order valence-electron chi connectivity index (χ1n) is 9.70. The number of halogens is 1. The summed E-state index contributed by atoms with van der Waals surface area (Å²) in [5.74, 6) is 1.35. The fraction of sp³-hybridized carbons (Fsp3) is 0.550. The maximum absolute atomic E-state index is 13.3. The Morgan fingerprint density at radius 3 is 2.52 bits per heavy atom. The molecule has 1 aromatic carbocycles. The van der Waals surface area contributed by atoms with E-state index in [0.717, 1.165) is 56.1 Å². The molecule has 7 heteroatoms. The smallest absolute Gasteiger partial charge is 0.241 e. The van der Waals surface area contributed by atoms with Crippen LogP contribution >= 0.6 is 0 Å². The number of likely N-dealkylation sites (tertiary alicyclic amines) is 1. The molecule has 27 heavy (non-hydrogen) atoms. The summed E-state index contributed by atoms with van der Waals surface area (Å²) >= 11 is 0. The Balaban J connectivity index is 1.60. The molecule has 0 bridgehead atoms. The first kappa shape index (κ1) is 19.5. The minimum absolute atomic E-state index is 0.0185. The molecule has 2 aromatic rings. The van der Waals surface area contributed by atoms with E-state index in [1.165, 1.54) is 18.6 Å². The van der Waals surface area contributed by atoms with Crippen LogP contribution in [0.1, 0.15) is 48.9 Å². The second kappa shape index (κ2) is 9.08. The summed E-state index contributed by atoms with van der Waals surface area (Å²) in [5, 5.41) is 7.39. The van der Waals surface area contributed by atoms with E-state index in [4.69, 9.17) is 0 Å². The van der Waals surface area contributed by atoms with Crippen molar-refractivity contribution in [2.24, 2.45) is 0 Å². The number of benzene rings is 1. The van der Waals surface area contributed by atoms with E-state index in [2.05, 4.69) is 20.3 Å². The van der Waals surface area contributed by atoms with Crippen LogP contribution < -0.4 is 5.32 Å². The van der Waals surface area contributed by atoms with E-state index in [-0.39, 0.29) is 17.8 Å². The van der Waals surface area contributed by atoms with Gasteiger partial charge in [0.05, 0.1) is 0 Å². The zero-order valence-corrected chi connectivity index (χ0v) is 16.1. The van der Waals surface area contributed by atoms with Gasteiger partial charge in [-0.05, 0) is 63.9 Å². The Bertz CT molecular complexity index is 752. The van der Waals surface area contributed by atoms with E-state index < -0.39 is 0 Å². The summed E-state index contributed by atoms with van der Waals surface area (Å²) in [6, 6.07) is 5.93. The van der Waals surface area contributed by atoms with Crippen molar-refractivity contribution in [3.8, 4) is 0 Å². The van der Waals surface area contributed by atoms with Gasteiger partial charge in [0.2, 0.25) is 5.91 Å². The lowest BCUT2D eigenvalue weighted by Gasteiger charge is -2.34. The van der Waals surface area contributed by atoms with Gasteiger partial charge in [-0.3, -0.25) is 14.4 Å². The lowest BCUT2D eigenvalue weighted by Crippen LogP contribution is -2.43. The molecule has 1 aromatic heterocycles. The van der Waals surface area contributed by atoms with Gasteiger partial charge < -0.3 is 5.32 Å². The average Bonchev–Trinajstić information content (AvgIpc) is 2.99. The number of carbonyl (C=O) groups excluding carboxylic acids is 1. The van der Waals surface area contributed by atoms with Crippen molar-refractivity contribution < 1.29 is 9.18 Å². The number of hydrogen-bond acceptors (Lipinski definition) is 4. The molecule has 1 aliphatic heterocycles. The van der Waals surface area contributed by atoms with Crippen LogP contribution in [0.15, 0.2) is 24.3 Å². The molecule has 146 valence electrons. The molecular formula is C20H28FN5O. The first-order chi connectivity index (χ1) is 13.0. The third-order valence-electron chi connectivity index (χ3n) is 5.00. The van der Waals surface area contributed by atoms with Crippen molar-refractivity contribution in [3.05, 3.63) is 47.3 Å². The maximum Gasteiger partial charge on any atom is 0.241 e. The fourth-order valence-corrected chi connectivity index (χ4v) is 3.66. The van der Waals surface area contributed by atoms with E-state index >= 15 is 0 Å². The lowest BCUT2D eigenvalue weighted by atomic mass is 10.0. The second-order valence-corrected chi connectivity index (χ2v) is 7.12. The molecule has 1 saturated heterocycles. The van der Waals surface area contributed by atoms with Gasteiger partial charge in [-0.25, -0.2) is 9.37 Å². The largest absolute Gasteiger partial charge is 0.354 e. The Labute approximate surface area is 159 Å². The van der Waals surface area contributed by atoms with Gasteiger partial charge in [-0.2, -0.15) is 5.10 Å².